The Hall–Kier alpha value is -2.86. The van der Waals surface area contributed by atoms with Gasteiger partial charge < -0.3 is 19.1 Å². The van der Waals surface area contributed by atoms with Crippen LogP contribution in [0.2, 0.25) is 0 Å². The molecule has 0 aliphatic carbocycles. The average Bonchev–Trinajstić information content (AvgIpc) is 3.20. The minimum absolute atomic E-state index is 0.0774. The van der Waals surface area contributed by atoms with Gasteiger partial charge in [-0.05, 0) is 55.9 Å². The summed E-state index contributed by atoms with van der Waals surface area (Å²) < 4.78 is 46.8. The van der Waals surface area contributed by atoms with Crippen molar-refractivity contribution in [2.24, 2.45) is 5.92 Å². The second kappa shape index (κ2) is 14.9. The molecule has 1 unspecified atom stereocenters. The lowest BCUT2D eigenvalue weighted by Crippen LogP contribution is -2.40. The third-order valence-electron chi connectivity index (χ3n) is 7.46. The molecule has 0 bridgehead atoms. The van der Waals surface area contributed by atoms with Crippen molar-refractivity contribution >= 4 is 21.2 Å². The Morgan fingerprint density at radius 1 is 1.02 bits per heavy atom. The van der Waals surface area contributed by atoms with Crippen LogP contribution in [-0.2, 0) is 21.4 Å². The quantitative estimate of drug-likeness (QED) is 0.327. The predicted octanol–water partition coefficient (Wildman–Crippen LogP) is 4.40. The van der Waals surface area contributed by atoms with Gasteiger partial charge in [-0.25, -0.2) is 4.79 Å². The Labute approximate surface area is 243 Å². The summed E-state index contributed by atoms with van der Waals surface area (Å²) in [7, 11) is -0.309. The number of aromatic nitrogens is 2. The summed E-state index contributed by atoms with van der Waals surface area (Å²) in [6, 6.07) is 14.3. The van der Waals surface area contributed by atoms with Crippen LogP contribution < -0.4 is 15.2 Å². The lowest BCUT2D eigenvalue weighted by Gasteiger charge is -2.34. The largest absolute Gasteiger partial charge is 0.497 e. The number of ether oxygens (including phenoxy) is 3. The molecule has 0 saturated carbocycles. The van der Waals surface area contributed by atoms with E-state index in [2.05, 4.69) is 31.7 Å². The minimum atomic E-state index is -3.67. The van der Waals surface area contributed by atoms with Gasteiger partial charge in [0.2, 0.25) is 0 Å². The molecule has 1 aliphatic rings. The van der Waals surface area contributed by atoms with Crippen LogP contribution in [-0.4, -0.2) is 79.8 Å². The van der Waals surface area contributed by atoms with E-state index in [-0.39, 0.29) is 17.8 Å². The maximum absolute atomic E-state index is 13.3. The highest BCUT2D eigenvalue weighted by Crippen LogP contribution is 2.29. The number of imidazole rings is 1. The van der Waals surface area contributed by atoms with Gasteiger partial charge in [0.15, 0.2) is 0 Å². The van der Waals surface area contributed by atoms with Gasteiger partial charge >= 0.3 is 5.69 Å². The highest BCUT2D eigenvalue weighted by atomic mass is 32.2. The number of piperidine rings is 1. The summed E-state index contributed by atoms with van der Waals surface area (Å²) in [6.07, 6.45) is 3.76. The molecule has 2 heterocycles. The number of hydrogen-bond acceptors (Lipinski definition) is 7. The summed E-state index contributed by atoms with van der Waals surface area (Å²) in [6.45, 7) is 10.6. The molecule has 228 valence electrons. The second-order valence-corrected chi connectivity index (χ2v) is 12.4. The lowest BCUT2D eigenvalue weighted by molar-refractivity contribution is 0.109. The number of para-hydroxylation sites is 2. The zero-order valence-electron chi connectivity index (χ0n) is 25.1. The number of likely N-dealkylation sites (tertiary alicyclic amines) is 1. The van der Waals surface area contributed by atoms with Crippen molar-refractivity contribution in [1.82, 2.24) is 14.0 Å². The Balaban J connectivity index is 0.000000850. The van der Waals surface area contributed by atoms with Crippen LogP contribution >= 0.6 is 0 Å². The zero-order valence-corrected chi connectivity index (χ0v) is 25.9. The molecule has 41 heavy (non-hydrogen) atoms. The van der Waals surface area contributed by atoms with Crippen molar-refractivity contribution in [2.75, 3.05) is 46.7 Å². The fourth-order valence-corrected chi connectivity index (χ4v) is 5.22. The SMILES string of the molecule is COCCn1c(=O)n(C2CCN(CCC(Oc3cc(OC)ccc3C)C(C)C)CC2)c2ccccc21.CS(=O)(=O)O. The summed E-state index contributed by atoms with van der Waals surface area (Å²) in [5.41, 5.74) is 3.22. The molecule has 0 spiro atoms. The molecule has 3 aromatic rings. The van der Waals surface area contributed by atoms with Gasteiger partial charge in [0.05, 0.1) is 37.6 Å². The van der Waals surface area contributed by atoms with Gasteiger partial charge in [0, 0.05) is 38.9 Å². The molecule has 2 aromatic carbocycles. The monoisotopic (exact) mass is 591 g/mol. The highest BCUT2D eigenvalue weighted by Gasteiger charge is 2.26. The number of methoxy groups -OCH3 is 2. The van der Waals surface area contributed by atoms with E-state index < -0.39 is 10.1 Å². The van der Waals surface area contributed by atoms with Crippen LogP contribution in [0.5, 0.6) is 11.5 Å². The van der Waals surface area contributed by atoms with Gasteiger partial charge in [-0.3, -0.25) is 13.7 Å². The lowest BCUT2D eigenvalue weighted by atomic mass is 10.0. The van der Waals surface area contributed by atoms with E-state index in [0.29, 0.717) is 25.3 Å². The number of benzene rings is 2. The number of nitrogens with zero attached hydrogens (tertiary/aromatic N) is 3. The summed E-state index contributed by atoms with van der Waals surface area (Å²) >= 11 is 0. The van der Waals surface area contributed by atoms with E-state index in [4.69, 9.17) is 18.8 Å². The third kappa shape index (κ3) is 9.32. The first kappa shape index (κ1) is 32.7. The molecule has 0 amide bonds. The highest BCUT2D eigenvalue weighted by molar-refractivity contribution is 7.85. The van der Waals surface area contributed by atoms with Crippen molar-refractivity contribution < 1.29 is 27.2 Å². The summed E-state index contributed by atoms with van der Waals surface area (Å²) in [5, 5.41) is 0. The van der Waals surface area contributed by atoms with Crippen molar-refractivity contribution in [3.05, 3.63) is 58.5 Å². The fraction of sp³-hybridized carbons (Fsp3) is 0.567. The minimum Gasteiger partial charge on any atom is -0.497 e. The Morgan fingerprint density at radius 2 is 1.66 bits per heavy atom. The fourth-order valence-electron chi connectivity index (χ4n) is 5.22. The van der Waals surface area contributed by atoms with Gasteiger partial charge in [0.25, 0.3) is 10.1 Å². The van der Waals surface area contributed by atoms with Crippen molar-refractivity contribution in [3.8, 4) is 11.5 Å². The standard InChI is InChI=1S/C29H41N3O4.CH4O3S/c1-21(2)27(36-28-20-24(35-5)11-10-22(28)3)14-17-30-15-12-23(13-16-30)32-26-9-7-6-8-25(26)31(29(32)33)18-19-34-4;1-5(2,3)4/h6-11,20-21,23,27H,12-19H2,1-5H3;1H3,(H,2,3,4). The van der Waals surface area contributed by atoms with Crippen LogP contribution in [0.15, 0.2) is 47.3 Å². The van der Waals surface area contributed by atoms with Gasteiger partial charge in [-0.2, -0.15) is 8.42 Å². The van der Waals surface area contributed by atoms with E-state index in [1.807, 2.05) is 45.5 Å². The molecule has 1 saturated heterocycles. The van der Waals surface area contributed by atoms with Crippen LogP contribution in [0.25, 0.3) is 11.0 Å². The van der Waals surface area contributed by atoms with Crippen molar-refractivity contribution in [1.29, 1.82) is 0 Å². The smallest absolute Gasteiger partial charge is 0.329 e. The van der Waals surface area contributed by atoms with E-state index in [9.17, 15) is 13.2 Å². The molecule has 4 rings (SSSR count). The maximum atomic E-state index is 13.3. The molecule has 1 N–H and O–H groups in total. The molecule has 0 radical (unpaired) electrons. The van der Waals surface area contributed by atoms with E-state index in [1.165, 1.54) is 0 Å². The average molecular weight is 592 g/mol. The number of hydrogen-bond donors (Lipinski definition) is 1. The first-order valence-electron chi connectivity index (χ1n) is 14.1. The number of rotatable bonds is 11. The van der Waals surface area contributed by atoms with Gasteiger partial charge in [0.1, 0.15) is 17.6 Å². The molecule has 1 fully saturated rings. The topological polar surface area (TPSA) is 112 Å². The Morgan fingerprint density at radius 3 is 2.24 bits per heavy atom. The van der Waals surface area contributed by atoms with Crippen LogP contribution in [0.3, 0.4) is 0 Å². The first-order chi connectivity index (χ1) is 19.4. The van der Waals surface area contributed by atoms with Gasteiger partial charge in [-0.1, -0.05) is 32.0 Å². The molecular formula is C30H45N3O7S. The number of fused-ring (bicyclic) bond motifs is 1. The molecule has 1 aromatic heterocycles. The molecule has 1 aliphatic heterocycles. The third-order valence-corrected chi connectivity index (χ3v) is 7.46. The normalized spacial score (nSPS) is 15.5. The molecule has 1 atom stereocenters. The van der Waals surface area contributed by atoms with Crippen LogP contribution in [0.1, 0.15) is 44.7 Å². The summed E-state index contributed by atoms with van der Waals surface area (Å²) in [4.78, 5) is 15.9. The van der Waals surface area contributed by atoms with Crippen molar-refractivity contribution in [3.63, 3.8) is 0 Å². The maximum Gasteiger partial charge on any atom is 0.329 e. The van der Waals surface area contributed by atoms with E-state index in [1.54, 1.807) is 14.2 Å². The molecule has 10 nitrogen and oxygen atoms in total. The molecule has 11 heteroatoms. The predicted molar refractivity (Wildman–Crippen MR) is 162 cm³/mol. The molecular weight excluding hydrogens is 546 g/mol. The van der Waals surface area contributed by atoms with Crippen LogP contribution in [0, 0.1) is 12.8 Å². The van der Waals surface area contributed by atoms with Crippen LogP contribution in [0.4, 0.5) is 0 Å². The van der Waals surface area contributed by atoms with Gasteiger partial charge in [-0.15, -0.1) is 0 Å². The number of aryl methyl sites for hydroxylation is 1. The summed E-state index contributed by atoms with van der Waals surface area (Å²) in [5.74, 6) is 2.12. The zero-order chi connectivity index (χ0) is 30.2. The second-order valence-electron chi connectivity index (χ2n) is 10.9. The van der Waals surface area contributed by atoms with Crippen molar-refractivity contribution in [2.45, 2.75) is 58.7 Å². The first-order valence-corrected chi connectivity index (χ1v) is 15.9. The Bertz CT molecular complexity index is 1420. The van der Waals surface area contributed by atoms with E-state index >= 15 is 0 Å². The Kier molecular flexibility index (Phi) is 11.8. The van der Waals surface area contributed by atoms with E-state index in [0.717, 1.165) is 67.0 Å².